The highest BCUT2D eigenvalue weighted by atomic mass is 35.5. The van der Waals surface area contributed by atoms with E-state index in [0.29, 0.717) is 6.61 Å². The molecular formula is C21H24ClF4NO2. The highest BCUT2D eigenvalue weighted by Gasteiger charge is 2.36. The Labute approximate surface area is 173 Å². The summed E-state index contributed by atoms with van der Waals surface area (Å²) < 4.78 is 61.4. The van der Waals surface area contributed by atoms with Crippen molar-refractivity contribution in [3.8, 4) is 11.1 Å². The van der Waals surface area contributed by atoms with Crippen molar-refractivity contribution in [3.63, 3.8) is 0 Å². The zero-order valence-electron chi connectivity index (χ0n) is 15.7. The van der Waals surface area contributed by atoms with Gasteiger partial charge in [0.15, 0.2) is 0 Å². The molecule has 3 nitrogen and oxygen atoms in total. The Kier molecular flexibility index (Phi) is 8.46. The normalized spacial score (nSPS) is 16.3. The second kappa shape index (κ2) is 10.4. The summed E-state index contributed by atoms with van der Waals surface area (Å²) in [7, 11) is 0. The van der Waals surface area contributed by atoms with Crippen LogP contribution in [-0.4, -0.2) is 31.4 Å². The Hall–Kier alpha value is -1.67. The monoisotopic (exact) mass is 433 g/mol. The average Bonchev–Trinajstić information content (AvgIpc) is 2.69. The number of halogens is 5. The van der Waals surface area contributed by atoms with Gasteiger partial charge in [0.25, 0.3) is 0 Å². The molecule has 1 atom stereocenters. The topological polar surface area (TPSA) is 41.5 Å². The first-order valence-corrected chi connectivity index (χ1v) is 9.29. The van der Waals surface area contributed by atoms with E-state index in [9.17, 15) is 22.7 Å². The number of benzene rings is 2. The van der Waals surface area contributed by atoms with E-state index < -0.39 is 35.8 Å². The van der Waals surface area contributed by atoms with Crippen LogP contribution in [0.5, 0.6) is 0 Å². The Morgan fingerprint density at radius 3 is 2.34 bits per heavy atom. The highest BCUT2D eigenvalue weighted by Crippen LogP contribution is 2.40. The summed E-state index contributed by atoms with van der Waals surface area (Å²) >= 11 is 0. The molecule has 0 aliphatic carbocycles. The fourth-order valence-corrected chi connectivity index (χ4v) is 3.49. The van der Waals surface area contributed by atoms with Crippen LogP contribution in [0.25, 0.3) is 11.1 Å². The third-order valence-corrected chi connectivity index (χ3v) is 5.01. The molecule has 2 N–H and O–H groups in total. The number of hydrogen-bond acceptors (Lipinski definition) is 3. The maximum Gasteiger partial charge on any atom is 0.417 e. The van der Waals surface area contributed by atoms with E-state index in [2.05, 4.69) is 5.32 Å². The van der Waals surface area contributed by atoms with Crippen LogP contribution in [-0.2, 0) is 10.9 Å². The summed E-state index contributed by atoms with van der Waals surface area (Å²) in [4.78, 5) is 0. The van der Waals surface area contributed by atoms with E-state index in [1.807, 2.05) is 0 Å². The Balaban J connectivity index is 0.00000300. The zero-order chi connectivity index (χ0) is 20.1. The molecule has 8 heteroatoms. The molecule has 1 heterocycles. The number of aliphatic hydroxyl groups excluding tert-OH is 1. The third kappa shape index (κ3) is 5.92. The molecule has 1 fully saturated rings. The smallest absolute Gasteiger partial charge is 0.393 e. The van der Waals surface area contributed by atoms with Crippen molar-refractivity contribution in [2.45, 2.75) is 25.1 Å². The van der Waals surface area contributed by atoms with Crippen molar-refractivity contribution in [1.29, 1.82) is 0 Å². The summed E-state index contributed by atoms with van der Waals surface area (Å²) in [6, 6.07) is 9.55. The van der Waals surface area contributed by atoms with Crippen molar-refractivity contribution in [3.05, 3.63) is 59.4 Å². The number of hydrogen-bond donors (Lipinski definition) is 2. The molecule has 0 spiro atoms. The number of alkyl halides is 3. The number of ether oxygens (including phenoxy) is 1. The first-order valence-electron chi connectivity index (χ1n) is 9.29. The van der Waals surface area contributed by atoms with E-state index in [1.54, 1.807) is 18.2 Å². The molecule has 1 aliphatic heterocycles. The van der Waals surface area contributed by atoms with Gasteiger partial charge < -0.3 is 15.2 Å². The van der Waals surface area contributed by atoms with Crippen LogP contribution in [0.4, 0.5) is 17.6 Å². The van der Waals surface area contributed by atoms with E-state index >= 15 is 0 Å². The van der Waals surface area contributed by atoms with E-state index in [4.69, 9.17) is 4.74 Å². The number of piperidine rings is 1. The zero-order valence-corrected chi connectivity index (χ0v) is 16.5. The van der Waals surface area contributed by atoms with Gasteiger partial charge in [-0.15, -0.1) is 12.4 Å². The molecule has 1 unspecified atom stereocenters. The molecule has 2 aromatic rings. The molecule has 3 rings (SSSR count). The van der Waals surface area contributed by atoms with Gasteiger partial charge in [-0.2, -0.15) is 13.2 Å². The molecule has 160 valence electrons. The van der Waals surface area contributed by atoms with Gasteiger partial charge in [0.05, 0.1) is 18.8 Å². The second-order valence-corrected chi connectivity index (χ2v) is 6.99. The lowest BCUT2D eigenvalue weighted by atomic mass is 9.94. The van der Waals surface area contributed by atoms with Crippen molar-refractivity contribution in [1.82, 2.24) is 5.32 Å². The van der Waals surface area contributed by atoms with Crippen LogP contribution >= 0.6 is 12.4 Å². The van der Waals surface area contributed by atoms with Gasteiger partial charge in [-0.1, -0.05) is 30.3 Å². The van der Waals surface area contributed by atoms with Crippen LogP contribution in [0.1, 0.15) is 30.1 Å². The highest BCUT2D eigenvalue weighted by molar-refractivity contribution is 5.85. The number of aliphatic hydroxyl groups is 1. The maximum atomic E-state index is 14.8. The summed E-state index contributed by atoms with van der Waals surface area (Å²) in [6.45, 7) is 1.51. The molecule has 1 saturated heterocycles. The molecule has 0 aromatic heterocycles. The molecule has 0 amide bonds. The van der Waals surface area contributed by atoms with Crippen LogP contribution in [0.15, 0.2) is 42.5 Å². The van der Waals surface area contributed by atoms with Crippen molar-refractivity contribution < 1.29 is 27.4 Å². The fourth-order valence-electron chi connectivity index (χ4n) is 3.49. The molecule has 29 heavy (non-hydrogen) atoms. The van der Waals surface area contributed by atoms with Gasteiger partial charge in [-0.05, 0) is 55.1 Å². The standard InChI is InChI=1S/C21H23F4NO2.ClH/c22-18-11-16(19(12-27)28-13-14-6-8-26-9-7-14)10-17(21(23,24)25)20(18)15-4-2-1-3-5-15;/h1-5,10-11,14,19,26-27H,6-9,12-13H2;1H. The minimum Gasteiger partial charge on any atom is -0.393 e. The van der Waals surface area contributed by atoms with Gasteiger partial charge in [0.2, 0.25) is 0 Å². The van der Waals surface area contributed by atoms with Crippen molar-refractivity contribution in [2.24, 2.45) is 5.92 Å². The lowest BCUT2D eigenvalue weighted by Crippen LogP contribution is -2.30. The van der Waals surface area contributed by atoms with Crippen molar-refractivity contribution >= 4 is 12.4 Å². The van der Waals surface area contributed by atoms with Crippen LogP contribution in [0, 0.1) is 11.7 Å². The minimum atomic E-state index is -4.74. The van der Waals surface area contributed by atoms with Crippen molar-refractivity contribution in [2.75, 3.05) is 26.3 Å². The predicted octanol–water partition coefficient (Wildman–Crippen LogP) is 4.98. The largest absolute Gasteiger partial charge is 0.417 e. The first-order chi connectivity index (χ1) is 13.4. The Bertz CT molecular complexity index is 780. The van der Waals surface area contributed by atoms with Gasteiger partial charge in [0, 0.05) is 5.56 Å². The van der Waals surface area contributed by atoms with Crippen LogP contribution < -0.4 is 5.32 Å². The average molecular weight is 434 g/mol. The lowest BCUT2D eigenvalue weighted by molar-refractivity contribution is -0.137. The summed E-state index contributed by atoms with van der Waals surface area (Å²) in [6.07, 6.45) is -3.95. The third-order valence-electron chi connectivity index (χ3n) is 5.01. The fraction of sp³-hybridized carbons (Fsp3) is 0.429. The molecule has 0 saturated carbocycles. The number of nitrogens with one attached hydrogen (secondary N) is 1. The summed E-state index contributed by atoms with van der Waals surface area (Å²) in [5.41, 5.74) is -1.43. The Morgan fingerprint density at radius 2 is 1.76 bits per heavy atom. The van der Waals surface area contributed by atoms with Gasteiger partial charge in [-0.25, -0.2) is 4.39 Å². The SMILES string of the molecule is Cl.OCC(OCC1CCNCC1)c1cc(F)c(-c2ccccc2)c(C(F)(F)F)c1. The summed E-state index contributed by atoms with van der Waals surface area (Å²) in [5.74, 6) is -0.717. The quantitative estimate of drug-likeness (QED) is 0.631. The number of rotatable bonds is 6. The molecule has 1 aliphatic rings. The van der Waals surface area contributed by atoms with Gasteiger partial charge in [-0.3, -0.25) is 0 Å². The molecule has 0 radical (unpaired) electrons. The van der Waals surface area contributed by atoms with E-state index in [0.717, 1.165) is 38.1 Å². The Morgan fingerprint density at radius 1 is 1.10 bits per heavy atom. The van der Waals surface area contributed by atoms with Crippen LogP contribution in [0.3, 0.4) is 0 Å². The second-order valence-electron chi connectivity index (χ2n) is 6.99. The predicted molar refractivity (Wildman–Crippen MR) is 105 cm³/mol. The molecule has 2 aromatic carbocycles. The molecule has 0 bridgehead atoms. The van der Waals surface area contributed by atoms with Gasteiger partial charge in [0.1, 0.15) is 11.9 Å². The lowest BCUT2D eigenvalue weighted by Gasteiger charge is -2.25. The first kappa shape index (κ1) is 23.6. The van der Waals surface area contributed by atoms with E-state index in [1.165, 1.54) is 12.1 Å². The van der Waals surface area contributed by atoms with Gasteiger partial charge >= 0.3 is 6.18 Å². The minimum absolute atomic E-state index is 0. The van der Waals surface area contributed by atoms with E-state index in [-0.39, 0.29) is 29.5 Å². The maximum absolute atomic E-state index is 14.8. The summed E-state index contributed by atoms with van der Waals surface area (Å²) in [5, 5.41) is 12.9. The van der Waals surface area contributed by atoms with Crippen LogP contribution in [0.2, 0.25) is 0 Å². The molecular weight excluding hydrogens is 410 g/mol.